The summed E-state index contributed by atoms with van der Waals surface area (Å²) in [5.41, 5.74) is 1.22. The quantitative estimate of drug-likeness (QED) is 0.539. The van der Waals surface area contributed by atoms with Crippen LogP contribution in [0.15, 0.2) is 54.9 Å². The van der Waals surface area contributed by atoms with Crippen LogP contribution in [0.1, 0.15) is 17.2 Å². The Morgan fingerprint density at radius 2 is 1.76 bits per heavy atom. The Bertz CT molecular complexity index is 1020. The molecule has 6 nitrogen and oxygen atoms in total. The topological polar surface area (TPSA) is 67.3 Å². The average Bonchev–Trinajstić information content (AvgIpc) is 2.70. The van der Waals surface area contributed by atoms with Crippen molar-refractivity contribution in [2.45, 2.75) is 6.04 Å². The molecular formula is C20H17Cl3N4O2. The molecule has 0 saturated carbocycles. The Kier molecular flexibility index (Phi) is 6.79. The summed E-state index contributed by atoms with van der Waals surface area (Å²) in [5.74, 6) is 0.677. The van der Waals surface area contributed by atoms with Gasteiger partial charge in [-0.3, -0.25) is 0 Å². The van der Waals surface area contributed by atoms with E-state index >= 15 is 0 Å². The molecule has 1 atom stereocenters. The molecule has 29 heavy (non-hydrogen) atoms. The second-order valence-electron chi connectivity index (χ2n) is 6.24. The fraction of sp³-hybridized carbons (Fsp3) is 0.150. The van der Waals surface area contributed by atoms with Crippen molar-refractivity contribution in [3.8, 4) is 5.75 Å². The minimum absolute atomic E-state index is 0.317. The van der Waals surface area contributed by atoms with Crippen molar-refractivity contribution in [3.05, 3.63) is 81.1 Å². The van der Waals surface area contributed by atoms with Crippen LogP contribution >= 0.6 is 34.8 Å². The van der Waals surface area contributed by atoms with E-state index in [1.54, 1.807) is 62.9 Å². The Morgan fingerprint density at radius 3 is 2.45 bits per heavy atom. The SMILES string of the molecule is CN(C)C(=O)Oc1ccc(Cl)cc1C(Nc1ncccn1)c1cccc(Cl)c1Cl. The van der Waals surface area contributed by atoms with Crippen molar-refractivity contribution in [1.29, 1.82) is 0 Å². The van der Waals surface area contributed by atoms with Crippen LogP contribution in [0.25, 0.3) is 0 Å². The standard InChI is InChI=1S/C20H17Cl3N4O2/c1-27(2)20(28)29-16-8-7-12(21)11-14(16)18(26-19-24-9-4-10-25-19)13-5-3-6-15(22)17(13)23/h3-11,18H,1-2H3,(H,24,25,26). The molecule has 0 bridgehead atoms. The van der Waals surface area contributed by atoms with Crippen LogP contribution < -0.4 is 10.1 Å². The predicted molar refractivity (Wildman–Crippen MR) is 115 cm³/mol. The van der Waals surface area contributed by atoms with E-state index in [0.717, 1.165) is 0 Å². The lowest BCUT2D eigenvalue weighted by molar-refractivity contribution is 0.171. The summed E-state index contributed by atoms with van der Waals surface area (Å²) >= 11 is 19.0. The number of amides is 1. The van der Waals surface area contributed by atoms with Gasteiger partial charge in [0.1, 0.15) is 5.75 Å². The molecule has 1 aromatic heterocycles. The summed E-state index contributed by atoms with van der Waals surface area (Å²) in [6.07, 6.45) is 2.69. The van der Waals surface area contributed by atoms with E-state index in [0.29, 0.717) is 37.9 Å². The predicted octanol–water partition coefficient (Wildman–Crippen LogP) is 5.70. The van der Waals surface area contributed by atoms with Gasteiger partial charge in [0.2, 0.25) is 5.95 Å². The lowest BCUT2D eigenvalue weighted by atomic mass is 9.97. The molecule has 1 heterocycles. The molecular weight excluding hydrogens is 435 g/mol. The summed E-state index contributed by atoms with van der Waals surface area (Å²) in [5, 5.41) is 4.42. The number of carbonyl (C=O) groups excluding carboxylic acids is 1. The first kappa shape index (κ1) is 21.2. The second kappa shape index (κ2) is 9.31. The first-order valence-corrected chi connectivity index (χ1v) is 9.66. The van der Waals surface area contributed by atoms with E-state index in [1.807, 2.05) is 6.07 Å². The molecule has 1 amide bonds. The average molecular weight is 452 g/mol. The second-order valence-corrected chi connectivity index (χ2v) is 7.46. The van der Waals surface area contributed by atoms with E-state index in [2.05, 4.69) is 15.3 Å². The van der Waals surface area contributed by atoms with E-state index in [-0.39, 0.29) is 0 Å². The normalized spacial score (nSPS) is 11.6. The lowest BCUT2D eigenvalue weighted by Gasteiger charge is -2.24. The van der Waals surface area contributed by atoms with Gasteiger partial charge in [0.05, 0.1) is 16.1 Å². The highest BCUT2D eigenvalue weighted by Gasteiger charge is 2.24. The maximum atomic E-state index is 12.2. The van der Waals surface area contributed by atoms with Gasteiger partial charge in [-0.15, -0.1) is 0 Å². The Balaban J connectivity index is 2.14. The maximum absolute atomic E-state index is 12.2. The minimum atomic E-state index is -0.590. The van der Waals surface area contributed by atoms with Crippen molar-refractivity contribution in [2.75, 3.05) is 19.4 Å². The van der Waals surface area contributed by atoms with Gasteiger partial charge in [0.25, 0.3) is 0 Å². The molecule has 9 heteroatoms. The zero-order valence-electron chi connectivity index (χ0n) is 15.6. The van der Waals surface area contributed by atoms with Gasteiger partial charge in [-0.2, -0.15) is 0 Å². The third kappa shape index (κ3) is 5.09. The molecule has 0 aliphatic carbocycles. The lowest BCUT2D eigenvalue weighted by Crippen LogP contribution is -2.26. The van der Waals surface area contributed by atoms with Gasteiger partial charge in [-0.25, -0.2) is 14.8 Å². The number of rotatable bonds is 5. The van der Waals surface area contributed by atoms with Crippen LogP contribution in [0, 0.1) is 0 Å². The van der Waals surface area contributed by atoms with Crippen molar-refractivity contribution in [1.82, 2.24) is 14.9 Å². The zero-order valence-corrected chi connectivity index (χ0v) is 17.8. The Morgan fingerprint density at radius 1 is 1.03 bits per heavy atom. The summed E-state index contributed by atoms with van der Waals surface area (Å²) in [6, 6.07) is 11.3. The first-order chi connectivity index (χ1) is 13.9. The number of aromatic nitrogens is 2. The molecule has 0 aliphatic rings. The van der Waals surface area contributed by atoms with Gasteiger partial charge < -0.3 is 15.0 Å². The van der Waals surface area contributed by atoms with Crippen LogP contribution in [0.3, 0.4) is 0 Å². The highest BCUT2D eigenvalue weighted by molar-refractivity contribution is 6.42. The van der Waals surface area contributed by atoms with Crippen molar-refractivity contribution >= 4 is 46.8 Å². The van der Waals surface area contributed by atoms with Crippen molar-refractivity contribution in [3.63, 3.8) is 0 Å². The number of hydrogen-bond donors (Lipinski definition) is 1. The molecule has 1 N–H and O–H groups in total. The molecule has 0 saturated heterocycles. The van der Waals surface area contributed by atoms with Gasteiger partial charge in [-0.05, 0) is 35.9 Å². The van der Waals surface area contributed by atoms with Crippen LogP contribution in [0.4, 0.5) is 10.7 Å². The van der Waals surface area contributed by atoms with Crippen LogP contribution in [0.5, 0.6) is 5.75 Å². The van der Waals surface area contributed by atoms with Crippen molar-refractivity contribution < 1.29 is 9.53 Å². The minimum Gasteiger partial charge on any atom is -0.410 e. The largest absolute Gasteiger partial charge is 0.414 e. The fourth-order valence-electron chi connectivity index (χ4n) is 2.59. The van der Waals surface area contributed by atoms with Crippen LogP contribution in [0.2, 0.25) is 15.1 Å². The maximum Gasteiger partial charge on any atom is 0.414 e. The van der Waals surface area contributed by atoms with Crippen LogP contribution in [-0.2, 0) is 0 Å². The summed E-state index contributed by atoms with van der Waals surface area (Å²) in [4.78, 5) is 21.9. The zero-order chi connectivity index (χ0) is 21.0. The molecule has 0 aliphatic heterocycles. The number of anilines is 1. The molecule has 0 radical (unpaired) electrons. The summed E-state index contributed by atoms with van der Waals surface area (Å²) in [6.45, 7) is 0. The number of nitrogens with zero attached hydrogens (tertiary/aromatic N) is 3. The molecule has 3 aromatic rings. The smallest absolute Gasteiger partial charge is 0.410 e. The molecule has 1 unspecified atom stereocenters. The number of carbonyl (C=O) groups is 1. The van der Waals surface area contributed by atoms with Gasteiger partial charge in [0.15, 0.2) is 0 Å². The third-order valence-corrected chi connectivity index (χ3v) is 5.05. The number of ether oxygens (including phenoxy) is 1. The van der Waals surface area contributed by atoms with Crippen molar-refractivity contribution in [2.24, 2.45) is 0 Å². The number of benzene rings is 2. The highest BCUT2D eigenvalue weighted by Crippen LogP contribution is 2.39. The summed E-state index contributed by atoms with van der Waals surface area (Å²) < 4.78 is 5.54. The van der Waals surface area contributed by atoms with Gasteiger partial charge in [-0.1, -0.05) is 46.9 Å². The van der Waals surface area contributed by atoms with E-state index in [9.17, 15) is 4.79 Å². The highest BCUT2D eigenvalue weighted by atomic mass is 35.5. The molecule has 2 aromatic carbocycles. The number of nitrogens with one attached hydrogen (secondary N) is 1. The molecule has 0 fully saturated rings. The molecule has 0 spiro atoms. The molecule has 3 rings (SSSR count). The first-order valence-electron chi connectivity index (χ1n) is 8.53. The fourth-order valence-corrected chi connectivity index (χ4v) is 3.19. The van der Waals surface area contributed by atoms with E-state index in [4.69, 9.17) is 39.5 Å². The van der Waals surface area contributed by atoms with Crippen LogP contribution in [-0.4, -0.2) is 35.1 Å². The van der Waals surface area contributed by atoms with Gasteiger partial charge in [0, 0.05) is 37.1 Å². The Labute approximate surface area is 183 Å². The monoisotopic (exact) mass is 450 g/mol. The van der Waals surface area contributed by atoms with E-state index in [1.165, 1.54) is 4.90 Å². The number of halogens is 3. The Hall–Kier alpha value is -2.54. The van der Waals surface area contributed by atoms with Gasteiger partial charge >= 0.3 is 6.09 Å². The van der Waals surface area contributed by atoms with E-state index < -0.39 is 12.1 Å². The third-order valence-electron chi connectivity index (χ3n) is 3.98. The summed E-state index contributed by atoms with van der Waals surface area (Å²) in [7, 11) is 3.19. The number of hydrogen-bond acceptors (Lipinski definition) is 5. The molecule has 150 valence electrons.